The van der Waals surface area contributed by atoms with Crippen molar-refractivity contribution in [2.75, 3.05) is 19.5 Å². The van der Waals surface area contributed by atoms with Gasteiger partial charge in [0, 0.05) is 20.3 Å². The van der Waals surface area contributed by atoms with E-state index in [2.05, 4.69) is 22.5 Å². The lowest BCUT2D eigenvalue weighted by Gasteiger charge is -2.17. The van der Waals surface area contributed by atoms with Crippen molar-refractivity contribution < 1.29 is 4.74 Å². The molecule has 0 radical (unpaired) electrons. The molecule has 1 aromatic carbocycles. The number of imidazole rings is 1. The molecule has 1 aromatic heterocycles. The first-order valence-electron chi connectivity index (χ1n) is 6.85. The first kappa shape index (κ1) is 12.5. The average molecular weight is 259 g/mol. The number of anilines is 1. The summed E-state index contributed by atoms with van der Waals surface area (Å²) in [6, 6.07) is 6.19. The van der Waals surface area contributed by atoms with Crippen molar-refractivity contribution in [3.63, 3.8) is 0 Å². The van der Waals surface area contributed by atoms with Crippen molar-refractivity contribution in [1.82, 2.24) is 9.55 Å². The van der Waals surface area contributed by atoms with Gasteiger partial charge in [0.1, 0.15) is 0 Å². The third-order valence-corrected chi connectivity index (χ3v) is 4.29. The highest BCUT2D eigenvalue weighted by Crippen LogP contribution is 2.51. The molecule has 2 aromatic rings. The zero-order valence-corrected chi connectivity index (χ0v) is 11.6. The van der Waals surface area contributed by atoms with Crippen molar-refractivity contribution in [3.8, 4) is 0 Å². The highest BCUT2D eigenvalue weighted by Gasteiger charge is 2.43. The Bertz CT molecular complexity index is 599. The van der Waals surface area contributed by atoms with Crippen LogP contribution in [0.25, 0.3) is 11.0 Å². The van der Waals surface area contributed by atoms with Crippen molar-refractivity contribution in [3.05, 3.63) is 23.8 Å². The molecule has 0 saturated heterocycles. The molecule has 102 valence electrons. The van der Waals surface area contributed by atoms with E-state index in [-0.39, 0.29) is 0 Å². The molecule has 1 aliphatic carbocycles. The number of ether oxygens (including phenoxy) is 1. The molecule has 1 heterocycles. The fourth-order valence-corrected chi connectivity index (χ4v) is 2.86. The van der Waals surface area contributed by atoms with E-state index in [4.69, 9.17) is 10.5 Å². The second kappa shape index (κ2) is 4.53. The molecule has 1 fully saturated rings. The van der Waals surface area contributed by atoms with Crippen molar-refractivity contribution in [2.45, 2.75) is 32.7 Å². The Morgan fingerprint density at radius 2 is 2.21 bits per heavy atom. The number of aromatic nitrogens is 2. The second-order valence-corrected chi connectivity index (χ2v) is 5.74. The van der Waals surface area contributed by atoms with Gasteiger partial charge in [-0.25, -0.2) is 4.98 Å². The monoisotopic (exact) mass is 259 g/mol. The lowest BCUT2D eigenvalue weighted by atomic mass is 10.0. The van der Waals surface area contributed by atoms with Gasteiger partial charge in [0.05, 0.1) is 11.0 Å². The van der Waals surface area contributed by atoms with Gasteiger partial charge in [0.15, 0.2) is 0 Å². The molecule has 0 spiro atoms. The number of benzene rings is 1. The molecular formula is C15H21N3O. The molecule has 4 nitrogen and oxygen atoms in total. The van der Waals surface area contributed by atoms with Crippen LogP contribution in [-0.4, -0.2) is 23.3 Å². The molecule has 3 rings (SSSR count). The van der Waals surface area contributed by atoms with Gasteiger partial charge >= 0.3 is 0 Å². The Morgan fingerprint density at radius 3 is 2.89 bits per heavy atom. The van der Waals surface area contributed by atoms with Crippen molar-refractivity contribution in [1.29, 1.82) is 0 Å². The van der Waals surface area contributed by atoms with Gasteiger partial charge in [0.2, 0.25) is 5.95 Å². The van der Waals surface area contributed by atoms with Crippen LogP contribution in [0.1, 0.15) is 24.8 Å². The number of fused-ring (bicyclic) bond motifs is 1. The number of nitrogens with two attached hydrogens (primary N) is 1. The lowest BCUT2D eigenvalue weighted by molar-refractivity contribution is 0.167. The van der Waals surface area contributed by atoms with Gasteiger partial charge in [-0.05, 0) is 43.2 Å². The molecule has 0 atom stereocenters. The maximum atomic E-state index is 6.11. The molecule has 0 bridgehead atoms. The predicted molar refractivity (Wildman–Crippen MR) is 77.0 cm³/mol. The predicted octanol–water partition coefficient (Wildman–Crippen LogP) is 2.74. The van der Waals surface area contributed by atoms with Crippen LogP contribution in [0.15, 0.2) is 18.2 Å². The van der Waals surface area contributed by atoms with Crippen molar-refractivity contribution >= 4 is 17.0 Å². The summed E-state index contributed by atoms with van der Waals surface area (Å²) in [7, 11) is 1.77. The highest BCUT2D eigenvalue weighted by molar-refractivity contribution is 5.81. The summed E-state index contributed by atoms with van der Waals surface area (Å²) in [5.41, 5.74) is 9.91. The number of nitrogen functional groups attached to an aromatic ring is 1. The molecule has 1 saturated carbocycles. The van der Waals surface area contributed by atoms with E-state index < -0.39 is 0 Å². The fourth-order valence-electron chi connectivity index (χ4n) is 2.86. The van der Waals surface area contributed by atoms with Gasteiger partial charge < -0.3 is 15.0 Å². The summed E-state index contributed by atoms with van der Waals surface area (Å²) in [5, 5.41) is 0. The van der Waals surface area contributed by atoms with Gasteiger partial charge in [-0.3, -0.25) is 0 Å². The Balaban J connectivity index is 1.95. The molecule has 4 heteroatoms. The first-order chi connectivity index (χ1) is 9.15. The Morgan fingerprint density at radius 1 is 1.42 bits per heavy atom. The van der Waals surface area contributed by atoms with E-state index in [0.29, 0.717) is 11.4 Å². The normalized spacial score (nSPS) is 16.9. The van der Waals surface area contributed by atoms with Gasteiger partial charge in [-0.15, -0.1) is 0 Å². The molecule has 0 amide bonds. The molecule has 19 heavy (non-hydrogen) atoms. The summed E-state index contributed by atoms with van der Waals surface area (Å²) < 4.78 is 7.41. The van der Waals surface area contributed by atoms with Crippen LogP contribution < -0.4 is 5.73 Å². The third kappa shape index (κ3) is 2.21. The van der Waals surface area contributed by atoms with Crippen LogP contribution in [0.3, 0.4) is 0 Å². The molecule has 0 aliphatic heterocycles. The lowest BCUT2D eigenvalue weighted by Crippen LogP contribution is -2.16. The van der Waals surface area contributed by atoms with Crippen LogP contribution in [0.5, 0.6) is 0 Å². The number of nitrogens with zero attached hydrogens (tertiary/aromatic N) is 2. The standard InChI is InChI=1S/C15H21N3O/c1-11-4-3-5-12-13(11)18(14(16)17-12)10-15(6-7-15)8-9-19-2/h3-5H,6-10H2,1-2H3,(H2,16,17). The first-order valence-corrected chi connectivity index (χ1v) is 6.85. The number of methoxy groups -OCH3 is 1. The van der Waals surface area contributed by atoms with Gasteiger partial charge in [0.25, 0.3) is 0 Å². The number of para-hydroxylation sites is 1. The summed E-state index contributed by atoms with van der Waals surface area (Å²) in [6.45, 7) is 3.91. The zero-order valence-electron chi connectivity index (χ0n) is 11.6. The largest absolute Gasteiger partial charge is 0.385 e. The quantitative estimate of drug-likeness (QED) is 0.898. The van der Waals surface area contributed by atoms with Crippen LogP contribution in [-0.2, 0) is 11.3 Å². The number of hydrogen-bond acceptors (Lipinski definition) is 3. The van der Waals surface area contributed by atoms with E-state index in [1.54, 1.807) is 7.11 Å². The summed E-state index contributed by atoms with van der Waals surface area (Å²) in [4.78, 5) is 4.48. The summed E-state index contributed by atoms with van der Waals surface area (Å²) >= 11 is 0. The minimum Gasteiger partial charge on any atom is -0.385 e. The summed E-state index contributed by atoms with van der Waals surface area (Å²) in [6.07, 6.45) is 3.64. The zero-order chi connectivity index (χ0) is 13.5. The topological polar surface area (TPSA) is 53.1 Å². The Kier molecular flexibility index (Phi) is 2.97. The molecule has 0 unspecified atom stereocenters. The molecular weight excluding hydrogens is 238 g/mol. The molecule has 2 N–H and O–H groups in total. The van der Waals surface area contributed by atoms with E-state index in [1.165, 1.54) is 23.9 Å². The number of hydrogen-bond donors (Lipinski definition) is 1. The van der Waals surface area contributed by atoms with Gasteiger partial charge in [-0.1, -0.05) is 12.1 Å². The van der Waals surface area contributed by atoms with Crippen LogP contribution >= 0.6 is 0 Å². The molecule has 1 aliphatic rings. The van der Waals surface area contributed by atoms with E-state index in [1.807, 2.05) is 12.1 Å². The average Bonchev–Trinajstić information content (AvgIpc) is 3.07. The minimum atomic E-state index is 0.375. The SMILES string of the molecule is COCCC1(Cn2c(N)nc3cccc(C)c32)CC1. The maximum absolute atomic E-state index is 6.11. The second-order valence-electron chi connectivity index (χ2n) is 5.74. The summed E-state index contributed by atoms with van der Waals surface area (Å²) in [5.74, 6) is 0.632. The fraction of sp³-hybridized carbons (Fsp3) is 0.533. The van der Waals surface area contributed by atoms with E-state index in [9.17, 15) is 0 Å². The number of rotatable bonds is 5. The maximum Gasteiger partial charge on any atom is 0.201 e. The van der Waals surface area contributed by atoms with Crippen LogP contribution in [0.2, 0.25) is 0 Å². The Hall–Kier alpha value is -1.55. The smallest absolute Gasteiger partial charge is 0.201 e. The highest BCUT2D eigenvalue weighted by atomic mass is 16.5. The van der Waals surface area contributed by atoms with Crippen LogP contribution in [0.4, 0.5) is 5.95 Å². The van der Waals surface area contributed by atoms with Crippen molar-refractivity contribution in [2.24, 2.45) is 5.41 Å². The van der Waals surface area contributed by atoms with E-state index in [0.717, 1.165) is 25.1 Å². The Labute approximate surface area is 113 Å². The van der Waals surface area contributed by atoms with Crippen LogP contribution in [0, 0.1) is 12.3 Å². The van der Waals surface area contributed by atoms with E-state index >= 15 is 0 Å². The van der Waals surface area contributed by atoms with Gasteiger partial charge in [-0.2, -0.15) is 0 Å². The third-order valence-electron chi connectivity index (χ3n) is 4.29. The number of aryl methyl sites for hydroxylation is 1. The minimum absolute atomic E-state index is 0.375.